The van der Waals surface area contributed by atoms with Gasteiger partial charge in [0.05, 0.1) is 11.1 Å². The van der Waals surface area contributed by atoms with Crippen LogP contribution in [-0.4, -0.2) is 46.8 Å². The largest absolute Gasteiger partial charge is 0.478 e. The molecule has 8 heteroatoms. The lowest BCUT2D eigenvalue weighted by atomic mass is 10.1. The lowest BCUT2D eigenvalue weighted by molar-refractivity contribution is -0.146. The average Bonchev–Trinajstić information content (AvgIpc) is 2.64. The van der Waals surface area contributed by atoms with Gasteiger partial charge >= 0.3 is 23.9 Å². The van der Waals surface area contributed by atoms with E-state index in [1.807, 2.05) is 6.92 Å². The molecule has 1 rings (SSSR count). The van der Waals surface area contributed by atoms with Crippen LogP contribution >= 0.6 is 0 Å². The maximum Gasteiger partial charge on any atom is 0.338 e. The predicted molar refractivity (Wildman–Crippen MR) is 94.5 cm³/mol. The SMILES string of the molecule is CCCCCC(COC(=O)c1cccc(C(=O)O)c1)OC(=O)/C=C\C(=O)O. The number of carbonyl (C=O) groups is 4. The molecule has 0 aliphatic rings. The zero-order chi connectivity index (χ0) is 20.2. The van der Waals surface area contributed by atoms with Crippen LogP contribution in [0.5, 0.6) is 0 Å². The van der Waals surface area contributed by atoms with Gasteiger partial charge in [-0.05, 0) is 31.0 Å². The molecule has 146 valence electrons. The van der Waals surface area contributed by atoms with Crippen LogP contribution in [0.3, 0.4) is 0 Å². The van der Waals surface area contributed by atoms with E-state index in [1.165, 1.54) is 24.3 Å². The number of carbonyl (C=O) groups excluding carboxylic acids is 2. The minimum absolute atomic E-state index is 0.0471. The van der Waals surface area contributed by atoms with Crippen molar-refractivity contribution in [3.05, 3.63) is 47.5 Å². The Bertz CT molecular complexity index is 707. The summed E-state index contributed by atoms with van der Waals surface area (Å²) in [5.41, 5.74) is 0.0217. The van der Waals surface area contributed by atoms with Gasteiger partial charge < -0.3 is 19.7 Å². The summed E-state index contributed by atoms with van der Waals surface area (Å²) in [5.74, 6) is -4.03. The number of aliphatic carboxylic acids is 1. The van der Waals surface area contributed by atoms with Crippen LogP contribution in [0.4, 0.5) is 0 Å². The number of rotatable bonds is 11. The molecule has 1 aromatic rings. The normalized spacial score (nSPS) is 11.7. The first-order valence-electron chi connectivity index (χ1n) is 8.45. The van der Waals surface area contributed by atoms with Gasteiger partial charge in [-0.1, -0.05) is 25.8 Å². The van der Waals surface area contributed by atoms with Crippen molar-refractivity contribution < 1.29 is 38.9 Å². The number of esters is 2. The molecule has 1 atom stereocenters. The second-order valence-electron chi connectivity index (χ2n) is 5.71. The fraction of sp³-hybridized carbons (Fsp3) is 0.368. The van der Waals surface area contributed by atoms with Gasteiger partial charge in [0.15, 0.2) is 0 Å². The molecule has 0 bridgehead atoms. The molecule has 8 nitrogen and oxygen atoms in total. The lowest BCUT2D eigenvalue weighted by Gasteiger charge is -2.17. The van der Waals surface area contributed by atoms with Gasteiger partial charge in [0.25, 0.3) is 0 Å². The lowest BCUT2D eigenvalue weighted by Crippen LogP contribution is -2.25. The molecule has 1 aromatic carbocycles. The molecule has 0 aromatic heterocycles. The van der Waals surface area contributed by atoms with Crippen LogP contribution < -0.4 is 0 Å². The van der Waals surface area contributed by atoms with Gasteiger partial charge in [-0.15, -0.1) is 0 Å². The Morgan fingerprint density at radius 3 is 2.41 bits per heavy atom. The third kappa shape index (κ3) is 8.66. The highest BCUT2D eigenvalue weighted by atomic mass is 16.6. The Kier molecular flexibility index (Phi) is 9.28. The minimum atomic E-state index is -1.28. The van der Waals surface area contributed by atoms with Gasteiger partial charge in [-0.3, -0.25) is 0 Å². The molecule has 1 unspecified atom stereocenters. The number of carboxylic acid groups (broad SMARTS) is 2. The molecule has 0 aliphatic heterocycles. The molecule has 0 amide bonds. The highest BCUT2D eigenvalue weighted by molar-refractivity contribution is 5.94. The van der Waals surface area contributed by atoms with E-state index in [0.717, 1.165) is 25.3 Å². The van der Waals surface area contributed by atoms with E-state index in [2.05, 4.69) is 0 Å². The van der Waals surface area contributed by atoms with Crippen molar-refractivity contribution in [2.24, 2.45) is 0 Å². The Morgan fingerprint density at radius 2 is 1.78 bits per heavy atom. The standard InChI is InChI=1S/C19H22O8/c1-2-3-4-8-15(27-17(22)10-9-16(20)21)12-26-19(25)14-7-5-6-13(11-14)18(23)24/h5-7,9-11,15H,2-4,8,12H2,1H3,(H,20,21)(H,23,24)/b10-9-. The number of carboxylic acids is 2. The first kappa shape index (κ1) is 21.9. The smallest absolute Gasteiger partial charge is 0.338 e. The molecule has 0 fully saturated rings. The van der Waals surface area contributed by atoms with E-state index in [-0.39, 0.29) is 17.7 Å². The predicted octanol–water partition coefficient (Wildman–Crippen LogP) is 2.67. The molecule has 0 spiro atoms. The van der Waals surface area contributed by atoms with Crippen molar-refractivity contribution >= 4 is 23.9 Å². The zero-order valence-corrected chi connectivity index (χ0v) is 14.9. The topological polar surface area (TPSA) is 127 Å². The summed E-state index contributed by atoms with van der Waals surface area (Å²) < 4.78 is 10.3. The van der Waals surface area contributed by atoms with E-state index in [9.17, 15) is 19.2 Å². The van der Waals surface area contributed by atoms with Crippen LogP contribution in [-0.2, 0) is 19.1 Å². The summed E-state index contributed by atoms with van der Waals surface area (Å²) in [4.78, 5) is 45.2. The molecule has 0 saturated heterocycles. The van der Waals surface area contributed by atoms with Crippen LogP contribution in [0, 0.1) is 0 Å². The van der Waals surface area contributed by atoms with Crippen LogP contribution in [0.1, 0.15) is 53.3 Å². The molecule has 0 radical (unpaired) electrons. The van der Waals surface area contributed by atoms with Gasteiger partial charge in [0, 0.05) is 12.2 Å². The summed E-state index contributed by atoms with van der Waals surface area (Å²) in [6.45, 7) is 1.79. The minimum Gasteiger partial charge on any atom is -0.478 e. The van der Waals surface area contributed by atoms with Gasteiger partial charge in [-0.2, -0.15) is 0 Å². The number of ether oxygens (including phenoxy) is 2. The Morgan fingerprint density at radius 1 is 1.07 bits per heavy atom. The van der Waals surface area contributed by atoms with Gasteiger partial charge in [0.2, 0.25) is 0 Å². The van der Waals surface area contributed by atoms with Crippen molar-refractivity contribution in [3.63, 3.8) is 0 Å². The summed E-state index contributed by atoms with van der Waals surface area (Å²) in [6, 6.07) is 5.39. The van der Waals surface area contributed by atoms with E-state index in [0.29, 0.717) is 12.5 Å². The fourth-order valence-electron chi connectivity index (χ4n) is 2.17. The molecular weight excluding hydrogens is 356 g/mol. The third-order valence-electron chi connectivity index (χ3n) is 3.52. The molecule has 2 N–H and O–H groups in total. The van der Waals surface area contributed by atoms with E-state index in [1.54, 1.807) is 0 Å². The average molecular weight is 378 g/mol. The van der Waals surface area contributed by atoms with E-state index in [4.69, 9.17) is 19.7 Å². The summed E-state index contributed by atoms with van der Waals surface area (Å²) >= 11 is 0. The number of aromatic carboxylic acids is 1. The van der Waals surface area contributed by atoms with Crippen molar-refractivity contribution in [1.82, 2.24) is 0 Å². The van der Waals surface area contributed by atoms with Crippen molar-refractivity contribution in [1.29, 1.82) is 0 Å². The third-order valence-corrected chi connectivity index (χ3v) is 3.52. The second kappa shape index (κ2) is 11.5. The summed E-state index contributed by atoms with van der Waals surface area (Å²) in [7, 11) is 0. The summed E-state index contributed by atoms with van der Waals surface area (Å²) in [5, 5.41) is 17.5. The first-order valence-corrected chi connectivity index (χ1v) is 8.45. The molecule has 0 heterocycles. The molecular formula is C19H22O8. The maximum atomic E-state index is 12.1. The number of hydrogen-bond acceptors (Lipinski definition) is 6. The number of hydrogen-bond donors (Lipinski definition) is 2. The van der Waals surface area contributed by atoms with Crippen molar-refractivity contribution in [2.45, 2.75) is 38.7 Å². The molecule has 0 aliphatic carbocycles. The zero-order valence-electron chi connectivity index (χ0n) is 14.9. The van der Waals surface area contributed by atoms with Gasteiger partial charge in [0.1, 0.15) is 12.7 Å². The Hall–Kier alpha value is -3.16. The Balaban J connectivity index is 2.69. The first-order chi connectivity index (χ1) is 12.8. The molecule has 27 heavy (non-hydrogen) atoms. The highest BCUT2D eigenvalue weighted by Crippen LogP contribution is 2.11. The van der Waals surface area contributed by atoms with E-state index >= 15 is 0 Å². The van der Waals surface area contributed by atoms with Crippen LogP contribution in [0.2, 0.25) is 0 Å². The van der Waals surface area contributed by atoms with Gasteiger partial charge in [-0.25, -0.2) is 19.2 Å². The Labute approximate surface area is 156 Å². The fourth-order valence-corrected chi connectivity index (χ4v) is 2.17. The van der Waals surface area contributed by atoms with Crippen LogP contribution in [0.25, 0.3) is 0 Å². The maximum absolute atomic E-state index is 12.1. The second-order valence-corrected chi connectivity index (χ2v) is 5.71. The summed E-state index contributed by atoms with van der Waals surface area (Å²) in [6.07, 6.45) is 3.75. The number of unbranched alkanes of at least 4 members (excludes halogenated alkanes) is 2. The van der Waals surface area contributed by atoms with Crippen molar-refractivity contribution in [3.8, 4) is 0 Å². The van der Waals surface area contributed by atoms with Crippen LogP contribution in [0.15, 0.2) is 36.4 Å². The molecule has 0 saturated carbocycles. The van der Waals surface area contributed by atoms with Crippen molar-refractivity contribution in [2.75, 3.05) is 6.61 Å². The highest BCUT2D eigenvalue weighted by Gasteiger charge is 2.17. The monoisotopic (exact) mass is 378 g/mol. The quantitative estimate of drug-likeness (QED) is 0.342. The number of benzene rings is 1. The van der Waals surface area contributed by atoms with E-state index < -0.39 is 30.0 Å².